The number of aromatic nitrogens is 2. The van der Waals surface area contributed by atoms with E-state index in [1.807, 2.05) is 36.4 Å². The lowest BCUT2D eigenvalue weighted by Crippen LogP contribution is -2.13. The summed E-state index contributed by atoms with van der Waals surface area (Å²) in [4.78, 5) is 19.8. The number of benzene rings is 2. The summed E-state index contributed by atoms with van der Waals surface area (Å²) in [5, 5.41) is 4.97. The van der Waals surface area contributed by atoms with Gasteiger partial charge in [-0.15, -0.1) is 0 Å². The first-order valence-corrected chi connectivity index (χ1v) is 6.79. The number of nitrogens with zero attached hydrogens (tertiary/aromatic N) is 2. The van der Waals surface area contributed by atoms with Crippen molar-refractivity contribution >= 4 is 38.3 Å². The molecule has 0 atom stereocenters. The molecule has 1 N–H and O–H groups in total. The Labute approximate surface area is 124 Å². The minimum Gasteiger partial charge on any atom is -0.321 e. The van der Waals surface area contributed by atoms with E-state index in [4.69, 9.17) is 0 Å². The third-order valence-electron chi connectivity index (χ3n) is 2.88. The fraction of sp³-hybridized carbons (Fsp3) is 0. The number of anilines is 1. The van der Waals surface area contributed by atoms with E-state index in [1.165, 1.54) is 18.6 Å². The van der Waals surface area contributed by atoms with Gasteiger partial charge in [-0.25, -0.2) is 4.98 Å². The maximum absolute atomic E-state index is 12.0. The van der Waals surface area contributed by atoms with Crippen LogP contribution in [0.25, 0.3) is 10.8 Å². The average molecular weight is 328 g/mol. The van der Waals surface area contributed by atoms with Gasteiger partial charge in [0.05, 0.1) is 6.20 Å². The fourth-order valence-electron chi connectivity index (χ4n) is 1.93. The molecule has 0 radical (unpaired) electrons. The first-order chi connectivity index (χ1) is 9.74. The van der Waals surface area contributed by atoms with Crippen molar-refractivity contribution in [3.05, 3.63) is 65.2 Å². The Morgan fingerprint density at radius 1 is 1.15 bits per heavy atom. The molecule has 3 rings (SSSR count). The summed E-state index contributed by atoms with van der Waals surface area (Å²) < 4.78 is 1.03. The summed E-state index contributed by atoms with van der Waals surface area (Å²) in [6, 6.07) is 11.7. The molecule has 0 spiro atoms. The number of nitrogens with one attached hydrogen (secondary N) is 1. The Kier molecular flexibility index (Phi) is 3.43. The van der Waals surface area contributed by atoms with Gasteiger partial charge in [-0.1, -0.05) is 34.1 Å². The quantitative estimate of drug-likeness (QED) is 0.781. The highest BCUT2D eigenvalue weighted by Crippen LogP contribution is 2.26. The number of hydrogen-bond donors (Lipinski definition) is 1. The van der Waals surface area contributed by atoms with E-state index in [0.29, 0.717) is 5.69 Å². The van der Waals surface area contributed by atoms with E-state index in [-0.39, 0.29) is 5.91 Å². The molecule has 98 valence electrons. The molecule has 0 bridgehead atoms. The maximum Gasteiger partial charge on any atom is 0.275 e. The Hall–Kier alpha value is -2.27. The molecule has 0 saturated carbocycles. The number of amides is 1. The van der Waals surface area contributed by atoms with E-state index in [2.05, 4.69) is 31.2 Å². The summed E-state index contributed by atoms with van der Waals surface area (Å²) in [5.74, 6) is -0.271. The third kappa shape index (κ3) is 2.53. The molecule has 1 aromatic heterocycles. The van der Waals surface area contributed by atoms with Gasteiger partial charge in [-0.3, -0.25) is 9.78 Å². The average Bonchev–Trinajstić information content (AvgIpc) is 2.48. The van der Waals surface area contributed by atoms with Crippen LogP contribution in [-0.2, 0) is 0 Å². The number of rotatable bonds is 2. The van der Waals surface area contributed by atoms with E-state index in [9.17, 15) is 4.79 Å². The van der Waals surface area contributed by atoms with Crippen molar-refractivity contribution in [2.45, 2.75) is 0 Å². The van der Waals surface area contributed by atoms with Gasteiger partial charge in [0.25, 0.3) is 5.91 Å². The van der Waals surface area contributed by atoms with Crippen molar-refractivity contribution < 1.29 is 4.79 Å². The third-order valence-corrected chi connectivity index (χ3v) is 3.57. The molecular formula is C15H10BrN3O. The van der Waals surface area contributed by atoms with Crippen LogP contribution in [0.15, 0.2) is 59.5 Å². The summed E-state index contributed by atoms with van der Waals surface area (Å²) >= 11 is 3.50. The number of hydrogen-bond acceptors (Lipinski definition) is 3. The van der Waals surface area contributed by atoms with Crippen LogP contribution in [0.3, 0.4) is 0 Å². The lowest BCUT2D eigenvalue weighted by atomic mass is 10.1. The summed E-state index contributed by atoms with van der Waals surface area (Å²) in [5.41, 5.74) is 1.02. The number of carbonyl (C=O) groups excluding carboxylic acids is 1. The van der Waals surface area contributed by atoms with Gasteiger partial charge in [0.15, 0.2) is 0 Å². The van der Waals surface area contributed by atoms with Gasteiger partial charge < -0.3 is 5.32 Å². The highest BCUT2D eigenvalue weighted by Gasteiger charge is 2.08. The minimum atomic E-state index is -0.271. The molecule has 0 aliphatic rings. The molecule has 1 heterocycles. The first-order valence-electron chi connectivity index (χ1n) is 6.00. The van der Waals surface area contributed by atoms with Crippen molar-refractivity contribution in [1.82, 2.24) is 9.97 Å². The molecule has 0 unspecified atom stereocenters. The first kappa shape index (κ1) is 12.7. The van der Waals surface area contributed by atoms with Crippen molar-refractivity contribution in [2.24, 2.45) is 0 Å². The second-order valence-corrected chi connectivity index (χ2v) is 5.07. The highest BCUT2D eigenvalue weighted by atomic mass is 79.9. The van der Waals surface area contributed by atoms with Gasteiger partial charge in [-0.05, 0) is 29.0 Å². The van der Waals surface area contributed by atoms with Crippen LogP contribution in [0, 0.1) is 0 Å². The van der Waals surface area contributed by atoms with Gasteiger partial charge in [0.1, 0.15) is 5.69 Å². The van der Waals surface area contributed by atoms with Crippen LogP contribution in [0.5, 0.6) is 0 Å². The number of halogens is 1. The number of fused-ring (bicyclic) bond motifs is 1. The van der Waals surface area contributed by atoms with Crippen LogP contribution in [-0.4, -0.2) is 15.9 Å². The minimum absolute atomic E-state index is 0.271. The predicted octanol–water partition coefficient (Wildman–Crippen LogP) is 3.64. The monoisotopic (exact) mass is 327 g/mol. The van der Waals surface area contributed by atoms with E-state index >= 15 is 0 Å². The Bertz CT molecular complexity index is 774. The Morgan fingerprint density at radius 3 is 2.85 bits per heavy atom. The summed E-state index contributed by atoms with van der Waals surface area (Å²) in [6.07, 6.45) is 4.46. The van der Waals surface area contributed by atoms with Crippen LogP contribution in [0.2, 0.25) is 0 Å². The van der Waals surface area contributed by atoms with Gasteiger partial charge >= 0.3 is 0 Å². The molecule has 0 fully saturated rings. The van der Waals surface area contributed by atoms with Crippen molar-refractivity contribution in [1.29, 1.82) is 0 Å². The predicted molar refractivity (Wildman–Crippen MR) is 81.6 cm³/mol. The Balaban J connectivity index is 1.90. The fourth-order valence-corrected chi connectivity index (χ4v) is 2.45. The standard InChI is InChI=1S/C15H10BrN3O/c16-13-3-1-2-10-8-11(4-5-12(10)13)19-15(20)14-9-17-6-7-18-14/h1-9H,(H,19,20). The summed E-state index contributed by atoms with van der Waals surface area (Å²) in [6.45, 7) is 0. The highest BCUT2D eigenvalue weighted by molar-refractivity contribution is 9.10. The van der Waals surface area contributed by atoms with Crippen LogP contribution in [0.4, 0.5) is 5.69 Å². The second kappa shape index (κ2) is 5.38. The molecule has 0 aliphatic carbocycles. The zero-order chi connectivity index (χ0) is 13.9. The maximum atomic E-state index is 12.0. The molecule has 2 aromatic carbocycles. The molecule has 0 aliphatic heterocycles. The summed E-state index contributed by atoms with van der Waals surface area (Å²) in [7, 11) is 0. The molecule has 20 heavy (non-hydrogen) atoms. The van der Waals surface area contributed by atoms with Crippen molar-refractivity contribution in [2.75, 3.05) is 5.32 Å². The van der Waals surface area contributed by atoms with Gasteiger partial charge in [-0.2, -0.15) is 0 Å². The molecule has 4 nitrogen and oxygen atoms in total. The van der Waals surface area contributed by atoms with Crippen LogP contribution >= 0.6 is 15.9 Å². The van der Waals surface area contributed by atoms with Crippen LogP contribution < -0.4 is 5.32 Å². The second-order valence-electron chi connectivity index (χ2n) is 4.22. The molecular weight excluding hydrogens is 318 g/mol. The van der Waals surface area contributed by atoms with Crippen LogP contribution in [0.1, 0.15) is 10.5 Å². The largest absolute Gasteiger partial charge is 0.321 e. The smallest absolute Gasteiger partial charge is 0.275 e. The Morgan fingerprint density at radius 2 is 2.05 bits per heavy atom. The molecule has 0 saturated heterocycles. The van der Waals surface area contributed by atoms with E-state index in [1.54, 1.807) is 0 Å². The lowest BCUT2D eigenvalue weighted by molar-refractivity contribution is 0.102. The normalized spacial score (nSPS) is 10.4. The molecule has 5 heteroatoms. The van der Waals surface area contributed by atoms with Gasteiger partial charge in [0.2, 0.25) is 0 Å². The van der Waals surface area contributed by atoms with Crippen molar-refractivity contribution in [3.63, 3.8) is 0 Å². The zero-order valence-corrected chi connectivity index (χ0v) is 12.0. The SMILES string of the molecule is O=C(Nc1ccc2c(Br)cccc2c1)c1cnccn1. The zero-order valence-electron chi connectivity index (χ0n) is 10.4. The molecule has 1 amide bonds. The van der Waals surface area contributed by atoms with Crippen molar-refractivity contribution in [3.8, 4) is 0 Å². The van der Waals surface area contributed by atoms with E-state index < -0.39 is 0 Å². The van der Waals surface area contributed by atoms with Gasteiger partial charge in [0, 0.05) is 22.6 Å². The van der Waals surface area contributed by atoms with E-state index in [0.717, 1.165) is 20.9 Å². The lowest BCUT2D eigenvalue weighted by Gasteiger charge is -2.06. The number of carbonyl (C=O) groups is 1. The topological polar surface area (TPSA) is 54.9 Å². The molecule has 3 aromatic rings.